The van der Waals surface area contributed by atoms with E-state index in [1.54, 1.807) is 58.4 Å². The van der Waals surface area contributed by atoms with Gasteiger partial charge in [-0.15, -0.1) is 0 Å². The van der Waals surface area contributed by atoms with E-state index >= 15 is 0 Å². The topological polar surface area (TPSA) is 40.6 Å². The molecule has 2 amide bonds. The predicted molar refractivity (Wildman–Crippen MR) is 123 cm³/mol. The molecule has 2 aromatic carbocycles. The summed E-state index contributed by atoms with van der Waals surface area (Å²) in [4.78, 5) is 29.0. The van der Waals surface area contributed by atoms with Crippen LogP contribution in [0.1, 0.15) is 25.0 Å². The fraction of sp³-hybridized carbons (Fsp3) is 0.250. The van der Waals surface area contributed by atoms with Crippen LogP contribution >= 0.6 is 23.2 Å². The lowest BCUT2D eigenvalue weighted by Crippen LogP contribution is -2.59. The molecule has 1 aliphatic heterocycles. The van der Waals surface area contributed by atoms with E-state index in [1.807, 2.05) is 38.1 Å². The molecule has 0 N–H and O–H groups in total. The zero-order valence-corrected chi connectivity index (χ0v) is 18.5. The molecule has 2 aromatic rings. The lowest BCUT2D eigenvalue weighted by atomic mass is 10.1. The summed E-state index contributed by atoms with van der Waals surface area (Å²) in [5.74, 6) is -0.146. The van der Waals surface area contributed by atoms with Gasteiger partial charge in [0, 0.05) is 47.4 Å². The van der Waals surface area contributed by atoms with Crippen LogP contribution in [0.25, 0.3) is 12.2 Å². The molecule has 1 aliphatic rings. The van der Waals surface area contributed by atoms with Crippen LogP contribution in [-0.2, 0) is 9.59 Å². The Morgan fingerprint density at radius 2 is 1.20 bits per heavy atom. The molecule has 0 radical (unpaired) electrons. The molecular formula is C24H24Cl2N2O2. The van der Waals surface area contributed by atoms with E-state index in [0.29, 0.717) is 23.1 Å². The van der Waals surface area contributed by atoms with Crippen molar-refractivity contribution in [2.24, 2.45) is 0 Å². The first-order valence-electron chi connectivity index (χ1n) is 9.82. The molecule has 1 heterocycles. The van der Waals surface area contributed by atoms with Gasteiger partial charge in [0.25, 0.3) is 0 Å². The molecule has 156 valence electrons. The Hall–Kier alpha value is -2.56. The summed E-state index contributed by atoms with van der Waals surface area (Å²) >= 11 is 12.0. The van der Waals surface area contributed by atoms with E-state index in [-0.39, 0.29) is 23.9 Å². The molecule has 0 aliphatic carbocycles. The Morgan fingerprint density at radius 1 is 0.800 bits per heavy atom. The molecule has 0 bridgehead atoms. The van der Waals surface area contributed by atoms with Gasteiger partial charge in [-0.25, -0.2) is 0 Å². The maximum Gasteiger partial charge on any atom is 0.246 e. The van der Waals surface area contributed by atoms with Gasteiger partial charge in [-0.1, -0.05) is 47.5 Å². The number of hydrogen-bond donors (Lipinski definition) is 0. The highest BCUT2D eigenvalue weighted by Gasteiger charge is 2.32. The first-order chi connectivity index (χ1) is 14.3. The molecule has 1 fully saturated rings. The summed E-state index contributed by atoms with van der Waals surface area (Å²) < 4.78 is 0. The molecule has 0 saturated carbocycles. The number of carbonyl (C=O) groups excluding carboxylic acids is 2. The van der Waals surface area contributed by atoms with Crippen LogP contribution in [0.4, 0.5) is 0 Å². The van der Waals surface area contributed by atoms with E-state index in [1.165, 1.54) is 0 Å². The van der Waals surface area contributed by atoms with Crippen molar-refractivity contribution in [3.8, 4) is 0 Å². The van der Waals surface area contributed by atoms with Gasteiger partial charge in [0.1, 0.15) is 0 Å². The van der Waals surface area contributed by atoms with Crippen molar-refractivity contribution in [2.75, 3.05) is 13.1 Å². The fourth-order valence-corrected chi connectivity index (χ4v) is 3.89. The van der Waals surface area contributed by atoms with Gasteiger partial charge in [0.2, 0.25) is 11.8 Å². The first-order valence-corrected chi connectivity index (χ1v) is 10.6. The van der Waals surface area contributed by atoms with E-state index in [4.69, 9.17) is 23.2 Å². The Kier molecular flexibility index (Phi) is 7.35. The third kappa shape index (κ3) is 5.74. The lowest BCUT2D eigenvalue weighted by Gasteiger charge is -2.43. The molecule has 30 heavy (non-hydrogen) atoms. The van der Waals surface area contributed by atoms with E-state index in [2.05, 4.69) is 0 Å². The van der Waals surface area contributed by atoms with Crippen molar-refractivity contribution < 1.29 is 9.59 Å². The Labute approximate surface area is 187 Å². The van der Waals surface area contributed by atoms with Crippen molar-refractivity contribution >= 4 is 47.2 Å². The smallest absolute Gasteiger partial charge is 0.246 e. The number of amides is 2. The Balaban J connectivity index is 1.63. The second-order valence-corrected chi connectivity index (χ2v) is 8.33. The van der Waals surface area contributed by atoms with E-state index in [9.17, 15) is 9.59 Å². The second-order valence-electron chi connectivity index (χ2n) is 7.46. The van der Waals surface area contributed by atoms with Crippen LogP contribution in [0.5, 0.6) is 0 Å². The molecule has 1 saturated heterocycles. The zero-order valence-electron chi connectivity index (χ0n) is 17.0. The molecule has 3 rings (SSSR count). The van der Waals surface area contributed by atoms with Gasteiger partial charge < -0.3 is 9.80 Å². The molecule has 6 heteroatoms. The summed E-state index contributed by atoms with van der Waals surface area (Å²) in [6.07, 6.45) is 6.64. The van der Waals surface area contributed by atoms with Crippen LogP contribution in [-0.4, -0.2) is 46.8 Å². The van der Waals surface area contributed by atoms with Crippen molar-refractivity contribution in [1.29, 1.82) is 0 Å². The maximum absolute atomic E-state index is 12.7. The standard InChI is InChI=1S/C24H24Cl2N2O2/c1-17-15-28(24(30)12-10-20-6-4-8-22(26)14-20)18(2)16-27(17)23(29)11-9-19-5-3-7-21(25)13-19/h3-14,17-18H,15-16H2,1-2H3/b11-9+,12-10+/t17-,18-/m1/s1. The van der Waals surface area contributed by atoms with E-state index < -0.39 is 0 Å². The second kappa shape index (κ2) is 9.96. The first kappa shape index (κ1) is 22.1. The largest absolute Gasteiger partial charge is 0.333 e. The van der Waals surface area contributed by atoms with Gasteiger partial charge in [-0.3, -0.25) is 9.59 Å². The van der Waals surface area contributed by atoms with Crippen molar-refractivity contribution in [1.82, 2.24) is 9.80 Å². The minimum Gasteiger partial charge on any atom is -0.333 e. The molecule has 4 nitrogen and oxygen atoms in total. The monoisotopic (exact) mass is 442 g/mol. The Bertz CT molecular complexity index is 907. The van der Waals surface area contributed by atoms with Crippen molar-refractivity contribution in [2.45, 2.75) is 25.9 Å². The number of piperazine rings is 1. The molecule has 0 aromatic heterocycles. The van der Waals surface area contributed by atoms with Crippen LogP contribution in [0.2, 0.25) is 10.0 Å². The summed E-state index contributed by atoms with van der Waals surface area (Å²) in [6.45, 7) is 4.88. The third-order valence-electron chi connectivity index (χ3n) is 5.09. The highest BCUT2D eigenvalue weighted by molar-refractivity contribution is 6.31. The summed E-state index contributed by atoms with van der Waals surface area (Å²) in [5, 5.41) is 1.26. The third-order valence-corrected chi connectivity index (χ3v) is 5.56. The van der Waals surface area contributed by atoms with Crippen LogP contribution in [0.15, 0.2) is 60.7 Å². The van der Waals surface area contributed by atoms with Gasteiger partial charge in [0.05, 0.1) is 0 Å². The number of carbonyl (C=O) groups is 2. The van der Waals surface area contributed by atoms with Crippen LogP contribution < -0.4 is 0 Å². The van der Waals surface area contributed by atoms with E-state index in [0.717, 1.165) is 11.1 Å². The minimum atomic E-state index is -0.0822. The number of nitrogens with zero attached hydrogens (tertiary/aromatic N) is 2. The van der Waals surface area contributed by atoms with Crippen molar-refractivity contribution in [3.05, 3.63) is 81.9 Å². The van der Waals surface area contributed by atoms with Gasteiger partial charge in [-0.2, -0.15) is 0 Å². The fourth-order valence-electron chi connectivity index (χ4n) is 3.49. The average molecular weight is 443 g/mol. The average Bonchev–Trinajstić information content (AvgIpc) is 2.71. The maximum atomic E-state index is 12.7. The molecule has 2 atom stereocenters. The number of benzene rings is 2. The highest BCUT2D eigenvalue weighted by Crippen LogP contribution is 2.18. The molecule has 0 spiro atoms. The zero-order chi connectivity index (χ0) is 21.7. The number of hydrogen-bond acceptors (Lipinski definition) is 2. The van der Waals surface area contributed by atoms with Gasteiger partial charge >= 0.3 is 0 Å². The van der Waals surface area contributed by atoms with Gasteiger partial charge in [0.15, 0.2) is 0 Å². The van der Waals surface area contributed by atoms with Crippen molar-refractivity contribution in [3.63, 3.8) is 0 Å². The lowest BCUT2D eigenvalue weighted by molar-refractivity contribution is -0.139. The Morgan fingerprint density at radius 3 is 1.57 bits per heavy atom. The normalized spacial score (nSPS) is 19.6. The summed E-state index contributed by atoms with van der Waals surface area (Å²) in [7, 11) is 0. The summed E-state index contributed by atoms with van der Waals surface area (Å²) in [5.41, 5.74) is 1.74. The molecular weight excluding hydrogens is 419 g/mol. The molecule has 0 unspecified atom stereocenters. The minimum absolute atomic E-state index is 0.0732. The van der Waals surface area contributed by atoms with Crippen LogP contribution in [0, 0.1) is 0 Å². The quantitative estimate of drug-likeness (QED) is 0.612. The number of rotatable bonds is 4. The summed E-state index contributed by atoms with van der Waals surface area (Å²) in [6, 6.07) is 14.5. The van der Waals surface area contributed by atoms with Crippen LogP contribution in [0.3, 0.4) is 0 Å². The van der Waals surface area contributed by atoms with Gasteiger partial charge in [-0.05, 0) is 61.4 Å². The highest BCUT2D eigenvalue weighted by atomic mass is 35.5. The SMILES string of the molecule is C[C@@H]1CN(C(=O)/C=C/c2cccc(Cl)c2)[C@H](C)CN1C(=O)/C=C/c1cccc(Cl)c1. The number of halogens is 2. The predicted octanol–water partition coefficient (Wildman–Crippen LogP) is 5.17.